The normalized spacial score (nSPS) is 10.9. The predicted molar refractivity (Wildman–Crippen MR) is 76.7 cm³/mol. The lowest BCUT2D eigenvalue weighted by atomic mass is 10.2. The molecule has 0 saturated heterocycles. The molecule has 90 valence electrons. The molecule has 0 amide bonds. The van der Waals surface area contributed by atoms with Crippen LogP contribution in [0.2, 0.25) is 0 Å². The summed E-state index contributed by atoms with van der Waals surface area (Å²) in [5.41, 5.74) is 2.19. The van der Waals surface area contributed by atoms with Gasteiger partial charge < -0.3 is 4.40 Å². The fraction of sp³-hybridized carbons (Fsp3) is 0.0769. The van der Waals surface area contributed by atoms with Gasteiger partial charge in [0.05, 0.1) is 0 Å². The zero-order valence-electron chi connectivity index (χ0n) is 9.45. The molecule has 0 atom stereocenters. The van der Waals surface area contributed by atoms with E-state index in [0.29, 0.717) is 0 Å². The maximum Gasteiger partial charge on any atom is 0.169 e. The van der Waals surface area contributed by atoms with Gasteiger partial charge in [0.25, 0.3) is 0 Å². The molecule has 0 unspecified atom stereocenters. The number of aromatic nitrogens is 3. The molecule has 0 saturated carbocycles. The van der Waals surface area contributed by atoms with Crippen molar-refractivity contribution in [2.75, 3.05) is 0 Å². The molecule has 0 N–H and O–H groups in total. The lowest BCUT2D eigenvalue weighted by molar-refractivity contribution is 1.01. The third kappa shape index (κ3) is 2.42. The van der Waals surface area contributed by atoms with Crippen LogP contribution >= 0.6 is 27.7 Å². The average Bonchev–Trinajstić information content (AvgIpc) is 2.85. The lowest BCUT2D eigenvalue weighted by Gasteiger charge is -2.04. The second kappa shape index (κ2) is 5.12. The summed E-state index contributed by atoms with van der Waals surface area (Å²) in [5, 5.41) is 0.943. The van der Waals surface area contributed by atoms with Crippen molar-refractivity contribution in [2.24, 2.45) is 0 Å². The van der Waals surface area contributed by atoms with E-state index in [1.807, 2.05) is 22.9 Å². The summed E-state index contributed by atoms with van der Waals surface area (Å²) >= 11 is 5.12. The number of hydrogen-bond donors (Lipinski definition) is 0. The smallest absolute Gasteiger partial charge is 0.169 e. The second-order valence-corrected chi connectivity index (χ2v) is 5.58. The summed E-state index contributed by atoms with van der Waals surface area (Å²) in [6.45, 7) is 0. The summed E-state index contributed by atoms with van der Waals surface area (Å²) < 4.78 is 2.80. The first-order valence-corrected chi connectivity index (χ1v) is 7.27. The lowest BCUT2D eigenvalue weighted by Crippen LogP contribution is -1.92. The number of halogens is 1. The maximum atomic E-state index is 4.48. The molecule has 1 aromatic carbocycles. The summed E-state index contributed by atoms with van der Waals surface area (Å²) in [6, 6.07) is 10.4. The van der Waals surface area contributed by atoms with Crippen molar-refractivity contribution < 1.29 is 0 Å². The van der Waals surface area contributed by atoms with Gasteiger partial charge in [-0.1, -0.05) is 42.1 Å². The zero-order chi connectivity index (χ0) is 12.4. The van der Waals surface area contributed by atoms with E-state index in [2.05, 4.69) is 50.2 Å². The van der Waals surface area contributed by atoms with Gasteiger partial charge >= 0.3 is 0 Å². The summed E-state index contributed by atoms with van der Waals surface area (Å²) in [6.07, 6.45) is 5.62. The molecule has 0 aliphatic heterocycles. The van der Waals surface area contributed by atoms with Crippen LogP contribution in [0.5, 0.6) is 0 Å². The third-order valence-corrected chi connectivity index (χ3v) is 3.94. The highest BCUT2D eigenvalue weighted by atomic mass is 79.9. The Morgan fingerprint density at radius 1 is 1.22 bits per heavy atom. The van der Waals surface area contributed by atoms with Crippen LogP contribution in [-0.4, -0.2) is 14.4 Å². The quantitative estimate of drug-likeness (QED) is 0.688. The first-order chi connectivity index (χ1) is 8.83. The number of rotatable bonds is 3. The number of fused-ring (bicyclic) bond motifs is 1. The van der Waals surface area contributed by atoms with E-state index < -0.39 is 0 Å². The third-order valence-electron chi connectivity index (χ3n) is 2.53. The van der Waals surface area contributed by atoms with Crippen LogP contribution in [0.3, 0.4) is 0 Å². The van der Waals surface area contributed by atoms with E-state index in [0.717, 1.165) is 21.0 Å². The van der Waals surface area contributed by atoms with Gasteiger partial charge in [-0.25, -0.2) is 9.97 Å². The van der Waals surface area contributed by atoms with Gasteiger partial charge in [-0.3, -0.25) is 0 Å². The molecule has 18 heavy (non-hydrogen) atoms. The van der Waals surface area contributed by atoms with Crippen LogP contribution in [0.25, 0.3) is 5.65 Å². The van der Waals surface area contributed by atoms with Gasteiger partial charge in [0.2, 0.25) is 0 Å². The van der Waals surface area contributed by atoms with Gasteiger partial charge in [0, 0.05) is 24.3 Å². The molecule has 3 rings (SSSR count). The summed E-state index contributed by atoms with van der Waals surface area (Å²) in [5.74, 6) is 0.896. The number of hydrogen-bond acceptors (Lipinski definition) is 3. The Balaban J connectivity index is 1.88. The Morgan fingerprint density at radius 2 is 2.06 bits per heavy atom. The first-order valence-electron chi connectivity index (χ1n) is 5.49. The Morgan fingerprint density at radius 3 is 2.89 bits per heavy atom. The van der Waals surface area contributed by atoms with Crippen molar-refractivity contribution >= 4 is 33.3 Å². The van der Waals surface area contributed by atoms with E-state index in [9.17, 15) is 0 Å². The highest BCUT2D eigenvalue weighted by molar-refractivity contribution is 9.10. The highest BCUT2D eigenvalue weighted by Crippen LogP contribution is 2.25. The van der Waals surface area contributed by atoms with Gasteiger partial charge in [-0.15, -0.1) is 0 Å². The standard InChI is InChI=1S/C13H10BrN3S/c14-11-8-17-7-6-15-12(17)13(16-11)18-9-10-4-2-1-3-5-10/h1-8H,9H2. The number of nitrogens with zero attached hydrogens (tertiary/aromatic N) is 3. The molecule has 2 aromatic heterocycles. The maximum absolute atomic E-state index is 4.48. The molecule has 3 aromatic rings. The number of benzene rings is 1. The van der Waals surface area contributed by atoms with E-state index >= 15 is 0 Å². The van der Waals surface area contributed by atoms with Gasteiger partial charge in [-0.2, -0.15) is 0 Å². The van der Waals surface area contributed by atoms with Gasteiger partial charge in [0.1, 0.15) is 9.63 Å². The SMILES string of the molecule is Brc1cn2ccnc2c(SCc2ccccc2)n1. The van der Waals surface area contributed by atoms with E-state index in [4.69, 9.17) is 0 Å². The molecule has 0 fully saturated rings. The van der Waals surface area contributed by atoms with Crippen LogP contribution < -0.4 is 0 Å². The fourth-order valence-electron chi connectivity index (χ4n) is 1.70. The minimum Gasteiger partial charge on any atom is -0.302 e. The Labute approximate surface area is 117 Å². The summed E-state index contributed by atoms with van der Waals surface area (Å²) in [4.78, 5) is 8.82. The van der Waals surface area contributed by atoms with E-state index in [1.165, 1.54) is 5.56 Å². The van der Waals surface area contributed by atoms with Crippen molar-refractivity contribution in [3.8, 4) is 0 Å². The molecule has 0 aliphatic rings. The molecule has 0 bridgehead atoms. The average molecular weight is 320 g/mol. The van der Waals surface area contributed by atoms with Crippen LogP contribution in [-0.2, 0) is 5.75 Å². The number of thioether (sulfide) groups is 1. The van der Waals surface area contributed by atoms with Crippen molar-refractivity contribution in [3.63, 3.8) is 0 Å². The van der Waals surface area contributed by atoms with Crippen molar-refractivity contribution in [1.29, 1.82) is 0 Å². The minimum absolute atomic E-state index is 0.823. The topological polar surface area (TPSA) is 30.2 Å². The van der Waals surface area contributed by atoms with Crippen LogP contribution in [0.1, 0.15) is 5.56 Å². The minimum atomic E-state index is 0.823. The molecular formula is C13H10BrN3S. The second-order valence-electron chi connectivity index (χ2n) is 3.80. The fourth-order valence-corrected chi connectivity index (χ4v) is 3.16. The van der Waals surface area contributed by atoms with Crippen LogP contribution in [0.15, 0.2) is 58.6 Å². The Hall–Kier alpha value is -1.33. The molecular weight excluding hydrogens is 310 g/mol. The number of imidazole rings is 1. The van der Waals surface area contributed by atoms with Crippen molar-refractivity contribution in [1.82, 2.24) is 14.4 Å². The van der Waals surface area contributed by atoms with Crippen LogP contribution in [0, 0.1) is 0 Å². The first kappa shape index (κ1) is 11.7. The highest BCUT2D eigenvalue weighted by Gasteiger charge is 2.07. The van der Waals surface area contributed by atoms with Gasteiger partial charge in [-0.05, 0) is 21.5 Å². The molecule has 0 spiro atoms. The molecule has 5 heteroatoms. The largest absolute Gasteiger partial charge is 0.302 e. The predicted octanol–water partition coefficient (Wildman–Crippen LogP) is 3.78. The summed E-state index contributed by atoms with van der Waals surface area (Å²) in [7, 11) is 0. The van der Waals surface area contributed by atoms with E-state index in [-0.39, 0.29) is 0 Å². The monoisotopic (exact) mass is 319 g/mol. The van der Waals surface area contributed by atoms with Gasteiger partial charge in [0.15, 0.2) is 5.65 Å². The van der Waals surface area contributed by atoms with Crippen LogP contribution in [0.4, 0.5) is 0 Å². The van der Waals surface area contributed by atoms with Crippen molar-refractivity contribution in [2.45, 2.75) is 10.8 Å². The Kier molecular flexibility index (Phi) is 3.34. The van der Waals surface area contributed by atoms with E-state index in [1.54, 1.807) is 18.0 Å². The molecule has 0 aliphatic carbocycles. The molecule has 2 heterocycles. The molecule has 3 nitrogen and oxygen atoms in total. The van der Waals surface area contributed by atoms with Crippen molar-refractivity contribution in [3.05, 3.63) is 59.1 Å². The Bertz CT molecular complexity index is 666. The molecule has 0 radical (unpaired) electrons. The zero-order valence-corrected chi connectivity index (χ0v) is 11.9.